The largest absolute Gasteiger partial charge is 0.472 e. The molecule has 19 heteroatoms. The lowest BCUT2D eigenvalue weighted by Crippen LogP contribution is -2.30. The van der Waals surface area contributed by atoms with Crippen LogP contribution in [0.1, 0.15) is 337 Å². The van der Waals surface area contributed by atoms with Crippen LogP contribution in [-0.2, 0) is 65.4 Å². The van der Waals surface area contributed by atoms with Gasteiger partial charge in [0.2, 0.25) is 0 Å². The van der Waals surface area contributed by atoms with Crippen LogP contribution in [0.15, 0.2) is 0 Å². The molecular weight excluding hydrogens is 1150 g/mol. The lowest BCUT2D eigenvalue weighted by atomic mass is 9.99. The van der Waals surface area contributed by atoms with Crippen LogP contribution in [0.4, 0.5) is 0 Å². The number of esters is 4. The molecule has 0 fully saturated rings. The number of aliphatic hydroxyl groups excluding tert-OH is 1. The van der Waals surface area contributed by atoms with Gasteiger partial charge in [-0.3, -0.25) is 37.3 Å². The van der Waals surface area contributed by atoms with E-state index in [1.165, 1.54) is 148 Å². The van der Waals surface area contributed by atoms with Crippen molar-refractivity contribution in [2.75, 3.05) is 39.6 Å². The number of rotatable bonds is 66. The Bertz CT molecular complexity index is 1720. The van der Waals surface area contributed by atoms with Crippen LogP contribution in [0.5, 0.6) is 0 Å². The zero-order valence-electron chi connectivity index (χ0n) is 56.5. The molecule has 0 saturated heterocycles. The van der Waals surface area contributed by atoms with Crippen LogP contribution in [0.25, 0.3) is 0 Å². The van der Waals surface area contributed by atoms with Crippen molar-refractivity contribution in [2.24, 2.45) is 17.8 Å². The summed E-state index contributed by atoms with van der Waals surface area (Å²) in [5.41, 5.74) is 0. The smallest absolute Gasteiger partial charge is 0.462 e. The number of carbonyl (C=O) groups is 4. The third-order valence-corrected chi connectivity index (χ3v) is 17.9. The molecule has 0 heterocycles. The highest BCUT2D eigenvalue weighted by molar-refractivity contribution is 7.47. The Morgan fingerprint density at radius 1 is 0.333 bits per heavy atom. The number of hydrogen-bond donors (Lipinski definition) is 3. The van der Waals surface area contributed by atoms with Gasteiger partial charge in [-0.15, -0.1) is 0 Å². The molecular formula is C68H132O17P2. The molecule has 6 atom stereocenters. The molecule has 0 amide bonds. The lowest BCUT2D eigenvalue weighted by Gasteiger charge is -2.21. The zero-order valence-corrected chi connectivity index (χ0v) is 58.3. The summed E-state index contributed by atoms with van der Waals surface area (Å²) >= 11 is 0. The van der Waals surface area contributed by atoms with Gasteiger partial charge >= 0.3 is 39.5 Å². The Labute approximate surface area is 530 Å². The van der Waals surface area contributed by atoms with E-state index < -0.39 is 97.5 Å². The first-order valence-corrected chi connectivity index (χ1v) is 38.4. The van der Waals surface area contributed by atoms with Gasteiger partial charge in [0, 0.05) is 25.7 Å². The molecule has 0 aliphatic heterocycles. The average Bonchev–Trinajstić information content (AvgIpc) is 3.69. The highest BCUT2D eigenvalue weighted by Crippen LogP contribution is 2.45. The molecule has 0 bridgehead atoms. The normalized spacial score (nSPS) is 14.6. The Morgan fingerprint density at radius 3 is 0.874 bits per heavy atom. The van der Waals surface area contributed by atoms with Crippen LogP contribution < -0.4 is 0 Å². The van der Waals surface area contributed by atoms with Crippen LogP contribution in [-0.4, -0.2) is 96.7 Å². The highest BCUT2D eigenvalue weighted by Gasteiger charge is 2.30. The van der Waals surface area contributed by atoms with Gasteiger partial charge in [0.15, 0.2) is 12.2 Å². The van der Waals surface area contributed by atoms with Crippen molar-refractivity contribution < 1.29 is 80.2 Å². The van der Waals surface area contributed by atoms with Gasteiger partial charge in [0.25, 0.3) is 0 Å². The molecule has 3 N–H and O–H groups in total. The van der Waals surface area contributed by atoms with Crippen LogP contribution in [0, 0.1) is 17.8 Å². The highest BCUT2D eigenvalue weighted by atomic mass is 31.2. The number of unbranched alkanes of at least 4 members (excludes halogenated alkanes) is 33. The van der Waals surface area contributed by atoms with E-state index in [2.05, 4.69) is 48.5 Å². The molecule has 0 aliphatic carbocycles. The Balaban J connectivity index is 5.26. The number of ether oxygens (including phenoxy) is 4. The van der Waals surface area contributed by atoms with E-state index in [4.69, 9.17) is 37.0 Å². The van der Waals surface area contributed by atoms with Gasteiger partial charge in [0.1, 0.15) is 19.3 Å². The molecule has 87 heavy (non-hydrogen) atoms. The van der Waals surface area contributed by atoms with Crippen molar-refractivity contribution in [2.45, 2.75) is 356 Å². The fourth-order valence-electron chi connectivity index (χ4n) is 10.2. The lowest BCUT2D eigenvalue weighted by molar-refractivity contribution is -0.161. The molecule has 0 rings (SSSR count). The van der Waals surface area contributed by atoms with Gasteiger partial charge in [-0.25, -0.2) is 9.13 Å². The van der Waals surface area contributed by atoms with Crippen molar-refractivity contribution in [3.63, 3.8) is 0 Å². The number of carbonyl (C=O) groups excluding carboxylic acids is 4. The molecule has 0 aromatic carbocycles. The number of phosphoric acid groups is 2. The van der Waals surface area contributed by atoms with Gasteiger partial charge < -0.3 is 33.8 Å². The van der Waals surface area contributed by atoms with E-state index in [0.717, 1.165) is 108 Å². The van der Waals surface area contributed by atoms with Crippen molar-refractivity contribution in [1.82, 2.24) is 0 Å². The first-order chi connectivity index (χ1) is 41.8. The second-order valence-electron chi connectivity index (χ2n) is 25.8. The van der Waals surface area contributed by atoms with Crippen molar-refractivity contribution in [1.29, 1.82) is 0 Å². The summed E-state index contributed by atoms with van der Waals surface area (Å²) in [6, 6.07) is 0. The van der Waals surface area contributed by atoms with E-state index in [-0.39, 0.29) is 25.7 Å². The Kier molecular flexibility index (Phi) is 57.8. The molecule has 3 unspecified atom stereocenters. The number of aliphatic hydroxyl groups is 1. The van der Waals surface area contributed by atoms with Crippen molar-refractivity contribution in [3.05, 3.63) is 0 Å². The van der Waals surface area contributed by atoms with Crippen LogP contribution in [0.3, 0.4) is 0 Å². The minimum atomic E-state index is -4.95. The fourth-order valence-corrected chi connectivity index (χ4v) is 11.7. The minimum Gasteiger partial charge on any atom is -0.462 e. The first kappa shape index (κ1) is 85.1. The van der Waals surface area contributed by atoms with Gasteiger partial charge in [-0.1, -0.05) is 286 Å². The Hall–Kier alpha value is -1.94. The summed E-state index contributed by atoms with van der Waals surface area (Å²) in [6.07, 6.45) is 41.6. The van der Waals surface area contributed by atoms with Crippen LogP contribution >= 0.6 is 15.6 Å². The van der Waals surface area contributed by atoms with Gasteiger partial charge in [-0.2, -0.15) is 0 Å². The Morgan fingerprint density at radius 2 is 0.586 bits per heavy atom. The summed E-state index contributed by atoms with van der Waals surface area (Å²) in [4.78, 5) is 72.4. The summed E-state index contributed by atoms with van der Waals surface area (Å²) in [7, 11) is -9.90. The van der Waals surface area contributed by atoms with E-state index in [0.29, 0.717) is 25.7 Å². The predicted octanol–water partition coefficient (Wildman–Crippen LogP) is 19.1. The second-order valence-corrected chi connectivity index (χ2v) is 28.7. The molecule has 0 aliphatic rings. The van der Waals surface area contributed by atoms with E-state index >= 15 is 0 Å². The maximum absolute atomic E-state index is 13.0. The quantitative estimate of drug-likeness (QED) is 0.0222. The van der Waals surface area contributed by atoms with E-state index in [9.17, 15) is 43.2 Å². The maximum atomic E-state index is 13.0. The summed E-state index contributed by atoms with van der Waals surface area (Å²) < 4.78 is 68.2. The number of phosphoric ester groups is 2. The summed E-state index contributed by atoms with van der Waals surface area (Å²) in [6.45, 7) is 11.8. The summed E-state index contributed by atoms with van der Waals surface area (Å²) in [5, 5.41) is 10.6. The van der Waals surface area contributed by atoms with Crippen LogP contribution in [0.2, 0.25) is 0 Å². The standard InChI is InChI=1S/C68H132O17P2/c1-8-10-11-12-13-14-19-28-35-42-49-65(70)78-55-64(85-68(73)52-45-38-31-23-21-26-33-40-47-60(5)6)58-83-87(76,77)81-54-62(69)53-80-86(74,75)82-57-63(56-79-66(71)50-43-36-29-24-22-27-34-41-48-61(7)9-2)84-67(72)51-44-37-30-20-17-15-16-18-25-32-39-46-59(3)4/h59-64,69H,8-58H2,1-7H3,(H,74,75)(H,76,77)/t61?,62-,63-,64-/m1/s1. The third kappa shape index (κ3) is 61.3. The molecule has 0 saturated carbocycles. The monoisotopic (exact) mass is 1280 g/mol. The van der Waals surface area contributed by atoms with E-state index in [1.807, 2.05) is 0 Å². The molecule has 0 spiro atoms. The number of hydrogen-bond acceptors (Lipinski definition) is 15. The summed E-state index contributed by atoms with van der Waals surface area (Å²) in [5.74, 6) is 0.130. The minimum absolute atomic E-state index is 0.104. The van der Waals surface area contributed by atoms with Crippen molar-refractivity contribution >= 4 is 39.5 Å². The van der Waals surface area contributed by atoms with E-state index in [1.54, 1.807) is 0 Å². The molecule has 17 nitrogen and oxygen atoms in total. The second kappa shape index (κ2) is 59.1. The average molecular weight is 1280 g/mol. The third-order valence-electron chi connectivity index (χ3n) is 16.0. The fraction of sp³-hybridized carbons (Fsp3) is 0.941. The first-order valence-electron chi connectivity index (χ1n) is 35.4. The predicted molar refractivity (Wildman–Crippen MR) is 349 cm³/mol. The van der Waals surface area contributed by atoms with Gasteiger partial charge in [-0.05, 0) is 43.4 Å². The topological polar surface area (TPSA) is 237 Å². The molecule has 0 aromatic heterocycles. The maximum Gasteiger partial charge on any atom is 0.472 e. The SMILES string of the molecule is CCCCCCCCCCCCC(=O)OC[C@H](COP(=O)(O)OC[C@H](O)COP(=O)(O)OC[C@@H](COC(=O)CCCCCCCCCCC(C)CC)OC(=O)CCCCCCCCCCCCCC(C)C)OC(=O)CCCCCCCCCCC(C)C. The van der Waals surface area contributed by atoms with Gasteiger partial charge in [0.05, 0.1) is 26.4 Å². The molecule has 0 aromatic rings. The molecule has 0 radical (unpaired) electrons. The zero-order chi connectivity index (χ0) is 64.5. The molecule has 516 valence electrons. The van der Waals surface area contributed by atoms with Crippen molar-refractivity contribution in [3.8, 4) is 0 Å².